The highest BCUT2D eigenvalue weighted by Gasteiger charge is 2.10. The number of aromatic nitrogens is 2. The number of allylic oxidation sites excluding steroid dienone is 1. The number of nitrogens with one attached hydrogen (secondary N) is 1. The van der Waals surface area contributed by atoms with E-state index in [4.69, 9.17) is 5.73 Å². The number of hydrogen-bond acceptors (Lipinski definition) is 3. The first-order chi connectivity index (χ1) is 8.06. The zero-order valence-corrected chi connectivity index (χ0v) is 10.7. The molecule has 5 nitrogen and oxygen atoms in total. The van der Waals surface area contributed by atoms with Gasteiger partial charge in [0.25, 0.3) is 0 Å². The molecule has 1 amide bonds. The van der Waals surface area contributed by atoms with E-state index < -0.39 is 0 Å². The monoisotopic (exact) mass is 236 g/mol. The molecule has 0 bridgehead atoms. The summed E-state index contributed by atoms with van der Waals surface area (Å²) in [6, 6.07) is 0. The van der Waals surface area contributed by atoms with Crippen molar-refractivity contribution in [1.29, 1.82) is 0 Å². The normalized spacial score (nSPS) is 11.0. The summed E-state index contributed by atoms with van der Waals surface area (Å²) in [6.45, 7) is 6.53. The number of hydrogen-bond donors (Lipinski definition) is 2. The predicted molar refractivity (Wildman–Crippen MR) is 68.6 cm³/mol. The first-order valence-electron chi connectivity index (χ1n) is 5.73. The summed E-state index contributed by atoms with van der Waals surface area (Å²) in [7, 11) is 0. The molecule has 0 aliphatic carbocycles. The number of anilines is 1. The number of nitrogens with zero attached hydrogens (tertiary/aromatic N) is 2. The molecule has 0 saturated carbocycles. The maximum absolute atomic E-state index is 11.6. The number of aryl methyl sites for hydroxylation is 1. The molecule has 0 unspecified atom stereocenters. The molecule has 5 heteroatoms. The highest BCUT2D eigenvalue weighted by atomic mass is 16.2. The summed E-state index contributed by atoms with van der Waals surface area (Å²) in [5.41, 5.74) is 8.06. The van der Waals surface area contributed by atoms with Crippen LogP contribution in [-0.2, 0) is 11.3 Å². The predicted octanol–water partition coefficient (Wildman–Crippen LogP) is 1.16. The van der Waals surface area contributed by atoms with Crippen molar-refractivity contribution in [3.8, 4) is 0 Å². The molecule has 94 valence electrons. The number of amides is 1. The van der Waals surface area contributed by atoms with Gasteiger partial charge in [-0.2, -0.15) is 5.10 Å². The van der Waals surface area contributed by atoms with Gasteiger partial charge in [-0.1, -0.05) is 12.2 Å². The molecule has 0 saturated heterocycles. The first kappa shape index (κ1) is 13.3. The fourth-order valence-corrected chi connectivity index (χ4v) is 1.52. The number of nitrogen functional groups attached to an aromatic ring is 1. The topological polar surface area (TPSA) is 72.9 Å². The average molecular weight is 236 g/mol. The third kappa shape index (κ3) is 3.62. The second-order valence-electron chi connectivity index (χ2n) is 3.95. The number of carbonyl (C=O) groups excluding carboxylic acids is 1. The van der Waals surface area contributed by atoms with Crippen LogP contribution in [-0.4, -0.2) is 22.2 Å². The third-order valence-corrected chi connectivity index (χ3v) is 2.60. The molecule has 0 aliphatic heterocycles. The van der Waals surface area contributed by atoms with E-state index in [2.05, 4.69) is 10.4 Å². The van der Waals surface area contributed by atoms with Gasteiger partial charge in [0, 0.05) is 6.54 Å². The summed E-state index contributed by atoms with van der Waals surface area (Å²) in [5.74, 6) is -0.0416. The van der Waals surface area contributed by atoms with E-state index in [1.54, 1.807) is 4.68 Å². The van der Waals surface area contributed by atoms with Gasteiger partial charge >= 0.3 is 0 Å². The van der Waals surface area contributed by atoms with Gasteiger partial charge in [0.05, 0.1) is 17.1 Å². The van der Waals surface area contributed by atoms with Gasteiger partial charge in [-0.05, 0) is 27.2 Å². The number of carbonyl (C=O) groups is 1. The summed E-state index contributed by atoms with van der Waals surface area (Å²) < 4.78 is 1.63. The molecule has 0 fully saturated rings. The molecule has 0 aliphatic rings. The van der Waals surface area contributed by atoms with Crippen LogP contribution in [0.1, 0.15) is 24.7 Å². The van der Waals surface area contributed by atoms with Gasteiger partial charge in [0.15, 0.2) is 0 Å². The molecule has 1 aromatic rings. The standard InChI is InChI=1S/C12H20N4O/c1-4-5-6-7-14-11(17)8-16-10(3)12(13)9(2)15-16/h4-5H,6-8,13H2,1-3H3,(H,14,17)/b5-4+. The van der Waals surface area contributed by atoms with Crippen LogP contribution >= 0.6 is 0 Å². The van der Waals surface area contributed by atoms with E-state index in [0.29, 0.717) is 12.2 Å². The van der Waals surface area contributed by atoms with Crippen LogP contribution in [0.3, 0.4) is 0 Å². The van der Waals surface area contributed by atoms with Crippen LogP contribution in [0.5, 0.6) is 0 Å². The minimum absolute atomic E-state index is 0.0416. The Morgan fingerprint density at radius 3 is 2.76 bits per heavy atom. The van der Waals surface area contributed by atoms with Crippen LogP contribution in [0.15, 0.2) is 12.2 Å². The lowest BCUT2D eigenvalue weighted by atomic mass is 10.3. The lowest BCUT2D eigenvalue weighted by Crippen LogP contribution is -2.29. The van der Waals surface area contributed by atoms with Crippen molar-refractivity contribution < 1.29 is 4.79 Å². The van der Waals surface area contributed by atoms with E-state index >= 15 is 0 Å². The Kier molecular flexibility index (Phi) is 4.75. The van der Waals surface area contributed by atoms with Gasteiger partial charge in [-0.15, -0.1) is 0 Å². The van der Waals surface area contributed by atoms with Crippen molar-refractivity contribution >= 4 is 11.6 Å². The summed E-state index contributed by atoms with van der Waals surface area (Å²) in [6.07, 6.45) is 4.83. The van der Waals surface area contributed by atoms with Gasteiger partial charge in [0.2, 0.25) is 5.91 Å². The molecule has 0 radical (unpaired) electrons. The lowest BCUT2D eigenvalue weighted by Gasteiger charge is -2.05. The summed E-state index contributed by atoms with van der Waals surface area (Å²) in [4.78, 5) is 11.6. The van der Waals surface area contributed by atoms with Gasteiger partial charge in [-0.25, -0.2) is 0 Å². The molecule has 0 atom stereocenters. The second-order valence-corrected chi connectivity index (χ2v) is 3.95. The lowest BCUT2D eigenvalue weighted by molar-refractivity contribution is -0.121. The van der Waals surface area contributed by atoms with Crippen LogP contribution in [0.25, 0.3) is 0 Å². The average Bonchev–Trinajstić information content (AvgIpc) is 2.53. The van der Waals surface area contributed by atoms with Gasteiger partial charge in [0.1, 0.15) is 6.54 Å². The van der Waals surface area contributed by atoms with Crippen LogP contribution in [0.4, 0.5) is 5.69 Å². The van der Waals surface area contributed by atoms with E-state index in [1.807, 2.05) is 32.9 Å². The molecule has 3 N–H and O–H groups in total. The minimum Gasteiger partial charge on any atom is -0.396 e. The Morgan fingerprint density at radius 1 is 1.53 bits per heavy atom. The van der Waals surface area contributed by atoms with Gasteiger partial charge < -0.3 is 11.1 Å². The molecule has 17 heavy (non-hydrogen) atoms. The maximum Gasteiger partial charge on any atom is 0.241 e. The molecular weight excluding hydrogens is 216 g/mol. The largest absolute Gasteiger partial charge is 0.396 e. The maximum atomic E-state index is 11.6. The van der Waals surface area contributed by atoms with Crippen LogP contribution < -0.4 is 11.1 Å². The molecule has 0 aromatic carbocycles. The second kappa shape index (κ2) is 6.08. The van der Waals surface area contributed by atoms with E-state index in [1.165, 1.54) is 0 Å². The zero-order chi connectivity index (χ0) is 12.8. The Bertz CT molecular complexity index is 420. The summed E-state index contributed by atoms with van der Waals surface area (Å²) in [5, 5.41) is 7.04. The van der Waals surface area contributed by atoms with E-state index in [-0.39, 0.29) is 12.5 Å². The van der Waals surface area contributed by atoms with Crippen molar-refractivity contribution in [2.75, 3.05) is 12.3 Å². The molecule has 1 rings (SSSR count). The number of rotatable bonds is 5. The first-order valence-corrected chi connectivity index (χ1v) is 5.73. The highest BCUT2D eigenvalue weighted by Crippen LogP contribution is 2.14. The van der Waals surface area contributed by atoms with Crippen molar-refractivity contribution in [2.24, 2.45) is 0 Å². The SMILES string of the molecule is C/C=C/CCNC(=O)Cn1nc(C)c(N)c1C. The van der Waals surface area contributed by atoms with E-state index in [9.17, 15) is 4.79 Å². The quantitative estimate of drug-likeness (QED) is 0.595. The van der Waals surface area contributed by atoms with Crippen LogP contribution in [0.2, 0.25) is 0 Å². The number of nitrogens with two attached hydrogens (primary N) is 1. The third-order valence-electron chi connectivity index (χ3n) is 2.60. The summed E-state index contributed by atoms with van der Waals surface area (Å²) >= 11 is 0. The highest BCUT2D eigenvalue weighted by molar-refractivity contribution is 5.75. The Balaban J connectivity index is 2.48. The van der Waals surface area contributed by atoms with Crippen LogP contribution in [0, 0.1) is 13.8 Å². The smallest absolute Gasteiger partial charge is 0.241 e. The van der Waals surface area contributed by atoms with Crippen molar-refractivity contribution in [2.45, 2.75) is 33.7 Å². The Morgan fingerprint density at radius 2 is 2.24 bits per heavy atom. The Labute approximate surface area is 102 Å². The fraction of sp³-hybridized carbons (Fsp3) is 0.500. The fourth-order valence-electron chi connectivity index (χ4n) is 1.52. The molecule has 1 heterocycles. The van der Waals surface area contributed by atoms with Crippen molar-refractivity contribution in [3.05, 3.63) is 23.5 Å². The molecule has 0 spiro atoms. The van der Waals surface area contributed by atoms with Crippen molar-refractivity contribution in [3.63, 3.8) is 0 Å². The van der Waals surface area contributed by atoms with Gasteiger partial charge in [-0.3, -0.25) is 9.48 Å². The van der Waals surface area contributed by atoms with E-state index in [0.717, 1.165) is 17.8 Å². The van der Waals surface area contributed by atoms with Crippen molar-refractivity contribution in [1.82, 2.24) is 15.1 Å². The minimum atomic E-state index is -0.0416. The molecular formula is C12H20N4O. The zero-order valence-electron chi connectivity index (χ0n) is 10.7. The molecule has 1 aromatic heterocycles. The Hall–Kier alpha value is -1.78.